The molecule has 1 aliphatic heterocycles. The van der Waals surface area contributed by atoms with Gasteiger partial charge in [0.15, 0.2) is 6.29 Å². The topological polar surface area (TPSA) is 148 Å². The van der Waals surface area contributed by atoms with Gasteiger partial charge < -0.3 is 39.6 Å². The zero-order chi connectivity index (χ0) is 11.8. The van der Waals surface area contributed by atoms with E-state index in [1.807, 2.05) is 0 Å². The van der Waals surface area contributed by atoms with Crippen LogP contribution in [0.3, 0.4) is 0 Å². The van der Waals surface area contributed by atoms with Crippen molar-refractivity contribution in [2.75, 3.05) is 0 Å². The van der Waals surface area contributed by atoms with Gasteiger partial charge in [0.2, 0.25) is 0 Å². The number of nitrogens with two attached hydrogens (primary N) is 1. The minimum absolute atomic E-state index is 0. The van der Waals surface area contributed by atoms with Crippen LogP contribution >= 0.6 is 7.82 Å². The number of phosphoric ester groups is 1. The minimum atomic E-state index is -5.27. The molecule has 4 N–H and O–H groups in total. The Hall–Kier alpha value is 1.95. The first-order valence-corrected chi connectivity index (χ1v) is 5.66. The molecule has 5 atom stereocenters. The van der Waals surface area contributed by atoms with Gasteiger partial charge in [-0.25, -0.2) is 0 Å². The zero-order valence-corrected chi connectivity index (χ0v) is 14.7. The Kier molecular flexibility index (Phi) is 10.4. The maximum absolute atomic E-state index is 10.3. The first-order chi connectivity index (χ1) is 6.72. The quantitative estimate of drug-likeness (QED) is 0.335. The van der Waals surface area contributed by atoms with Crippen LogP contribution in [0.1, 0.15) is 6.92 Å². The van der Waals surface area contributed by atoms with E-state index in [-0.39, 0.29) is 59.1 Å². The van der Waals surface area contributed by atoms with Gasteiger partial charge in [0.05, 0.1) is 26.1 Å². The van der Waals surface area contributed by atoms with E-state index in [4.69, 9.17) is 10.5 Å². The molecular formula is C6H12NNa2O7P. The monoisotopic (exact) mass is 287 g/mol. The Labute approximate surface area is 143 Å². The summed E-state index contributed by atoms with van der Waals surface area (Å²) < 4.78 is 19.0. The molecule has 17 heavy (non-hydrogen) atoms. The van der Waals surface area contributed by atoms with Crippen LogP contribution in [0, 0.1) is 0 Å². The summed E-state index contributed by atoms with van der Waals surface area (Å²) in [6.45, 7) is 1.41. The summed E-state index contributed by atoms with van der Waals surface area (Å²) in [7, 11) is -5.27. The molecule has 0 aliphatic carbocycles. The molecule has 0 amide bonds. The molecule has 8 nitrogen and oxygen atoms in total. The predicted octanol–water partition coefficient (Wildman–Crippen LogP) is -9.37. The molecular weight excluding hydrogens is 275 g/mol. The number of aliphatic hydroxyl groups is 2. The Morgan fingerprint density at radius 2 is 1.76 bits per heavy atom. The molecule has 1 aliphatic rings. The van der Waals surface area contributed by atoms with Gasteiger partial charge >= 0.3 is 59.1 Å². The van der Waals surface area contributed by atoms with Crippen LogP contribution in [-0.2, 0) is 13.8 Å². The maximum Gasteiger partial charge on any atom is 1.00 e. The van der Waals surface area contributed by atoms with Crippen LogP contribution in [0.2, 0.25) is 0 Å². The van der Waals surface area contributed by atoms with E-state index in [1.165, 1.54) is 6.92 Å². The third-order valence-electron chi connectivity index (χ3n) is 2.13. The molecule has 1 rings (SSSR count). The van der Waals surface area contributed by atoms with E-state index >= 15 is 0 Å². The van der Waals surface area contributed by atoms with Crippen molar-refractivity contribution in [3.8, 4) is 0 Å². The zero-order valence-electron chi connectivity index (χ0n) is 9.85. The summed E-state index contributed by atoms with van der Waals surface area (Å²) in [6.07, 6.45) is -5.23. The molecule has 90 valence electrons. The van der Waals surface area contributed by atoms with Crippen molar-refractivity contribution >= 4 is 7.82 Å². The van der Waals surface area contributed by atoms with Crippen molar-refractivity contribution in [1.82, 2.24) is 0 Å². The molecule has 0 radical (unpaired) electrons. The molecule has 0 aromatic carbocycles. The van der Waals surface area contributed by atoms with E-state index < -0.39 is 38.5 Å². The Morgan fingerprint density at radius 1 is 1.29 bits per heavy atom. The molecule has 0 bridgehead atoms. The number of ether oxygens (including phenoxy) is 1. The van der Waals surface area contributed by atoms with Crippen LogP contribution in [0.25, 0.3) is 0 Å². The third-order valence-corrected chi connectivity index (χ3v) is 2.60. The smallest absolute Gasteiger partial charge is 0.790 e. The van der Waals surface area contributed by atoms with Crippen molar-refractivity contribution in [3.63, 3.8) is 0 Å². The average molecular weight is 287 g/mol. The molecule has 1 saturated heterocycles. The van der Waals surface area contributed by atoms with E-state index in [2.05, 4.69) is 4.52 Å². The van der Waals surface area contributed by atoms with Gasteiger partial charge in [0, 0.05) is 0 Å². The molecule has 0 spiro atoms. The second kappa shape index (κ2) is 8.28. The summed E-state index contributed by atoms with van der Waals surface area (Å²) in [5, 5.41) is 18.7. The second-order valence-corrected chi connectivity index (χ2v) is 4.43. The van der Waals surface area contributed by atoms with Gasteiger partial charge in [-0.3, -0.25) is 0 Å². The summed E-state index contributed by atoms with van der Waals surface area (Å²) in [5.41, 5.74) is 5.37. The van der Waals surface area contributed by atoms with E-state index in [9.17, 15) is 24.6 Å². The van der Waals surface area contributed by atoms with Gasteiger partial charge in [-0.1, -0.05) is 0 Å². The van der Waals surface area contributed by atoms with Crippen molar-refractivity contribution in [3.05, 3.63) is 0 Å². The fraction of sp³-hybridized carbons (Fsp3) is 1.00. The summed E-state index contributed by atoms with van der Waals surface area (Å²) >= 11 is 0. The van der Waals surface area contributed by atoms with Crippen LogP contribution in [-0.4, -0.2) is 40.9 Å². The van der Waals surface area contributed by atoms with Crippen molar-refractivity contribution in [2.24, 2.45) is 5.73 Å². The van der Waals surface area contributed by atoms with Crippen LogP contribution in [0.15, 0.2) is 0 Å². The first-order valence-electron chi connectivity index (χ1n) is 4.20. The summed E-state index contributed by atoms with van der Waals surface area (Å²) in [6, 6.07) is -1.13. The van der Waals surface area contributed by atoms with Gasteiger partial charge in [-0.15, -0.1) is 0 Å². The van der Waals surface area contributed by atoms with Crippen LogP contribution < -0.4 is 74.6 Å². The maximum atomic E-state index is 10.3. The fourth-order valence-corrected chi connectivity index (χ4v) is 1.71. The SMILES string of the molecule is C[C@H]1O[C@H](OP(=O)([O-])[O-])[C@H](O)[C@@H](N)[C@@H]1O.[Na+].[Na+]. The predicted molar refractivity (Wildman–Crippen MR) is 43.0 cm³/mol. The molecule has 0 aromatic heterocycles. The van der Waals surface area contributed by atoms with Crippen LogP contribution in [0.4, 0.5) is 0 Å². The second-order valence-electron chi connectivity index (χ2n) is 3.32. The fourth-order valence-electron chi connectivity index (χ4n) is 1.28. The molecule has 0 saturated carbocycles. The minimum Gasteiger partial charge on any atom is -0.790 e. The Bertz CT molecular complexity index is 277. The Morgan fingerprint density at radius 3 is 2.18 bits per heavy atom. The van der Waals surface area contributed by atoms with E-state index in [1.54, 1.807) is 0 Å². The van der Waals surface area contributed by atoms with Gasteiger partial charge in [0.25, 0.3) is 0 Å². The standard InChI is InChI=1S/C6H14NO7P.2Na/c1-2-4(8)3(7)5(9)6(13-2)14-15(10,11)12;;/h2-6,8-9H,7H2,1H3,(H2,10,11,12);;/q;2*+1/p-2/t2-,3+,4-,5-,6-;;/m1../s1. The number of aliphatic hydroxyl groups excluding tert-OH is 2. The van der Waals surface area contributed by atoms with Crippen molar-refractivity contribution < 1.29 is 92.9 Å². The molecule has 11 heteroatoms. The Balaban J connectivity index is 0. The van der Waals surface area contributed by atoms with E-state index in [0.717, 1.165) is 0 Å². The van der Waals surface area contributed by atoms with Crippen LogP contribution in [0.5, 0.6) is 0 Å². The average Bonchev–Trinajstić information content (AvgIpc) is 2.08. The third kappa shape index (κ3) is 6.29. The summed E-state index contributed by atoms with van der Waals surface area (Å²) in [5.74, 6) is 0. The van der Waals surface area contributed by atoms with Crippen molar-refractivity contribution in [2.45, 2.75) is 37.6 Å². The number of hydrogen-bond acceptors (Lipinski definition) is 8. The number of hydrogen-bond donors (Lipinski definition) is 3. The normalized spacial score (nSPS) is 37.9. The van der Waals surface area contributed by atoms with Gasteiger partial charge in [0.1, 0.15) is 6.10 Å². The largest absolute Gasteiger partial charge is 1.00 e. The first kappa shape index (κ1) is 21.3. The number of rotatable bonds is 2. The molecule has 0 unspecified atom stereocenters. The van der Waals surface area contributed by atoms with E-state index in [0.29, 0.717) is 0 Å². The molecule has 1 fully saturated rings. The molecule has 1 heterocycles. The molecule has 0 aromatic rings. The van der Waals surface area contributed by atoms with Gasteiger partial charge in [-0.2, -0.15) is 0 Å². The summed E-state index contributed by atoms with van der Waals surface area (Å²) in [4.78, 5) is 20.6. The number of phosphoric acid groups is 1. The van der Waals surface area contributed by atoms with Crippen molar-refractivity contribution in [1.29, 1.82) is 0 Å². The van der Waals surface area contributed by atoms with Gasteiger partial charge in [-0.05, 0) is 6.92 Å².